The highest BCUT2D eigenvalue weighted by Gasteiger charge is 2.18. The zero-order valence-electron chi connectivity index (χ0n) is 5.52. The molecule has 1 nitrogen and oxygen atoms in total. The van der Waals surface area contributed by atoms with Crippen LogP contribution in [-0.2, 0) is 0 Å². The molecule has 0 heterocycles. The zero-order chi connectivity index (χ0) is 6.62. The maximum Gasteiger partial charge on any atom is 0.0730 e. The van der Waals surface area contributed by atoms with E-state index in [9.17, 15) is 5.11 Å². The van der Waals surface area contributed by atoms with Crippen molar-refractivity contribution in [3.05, 3.63) is 0 Å². The topological polar surface area (TPSA) is 20.2 Å². The molecule has 50 valence electrons. The monoisotopic (exact) mass is 134 g/mol. The smallest absolute Gasteiger partial charge is 0.0730 e. The highest BCUT2D eigenvalue weighted by atomic mass is 32.1. The Morgan fingerprint density at radius 1 is 1.38 bits per heavy atom. The first-order chi connectivity index (χ1) is 3.68. The number of thiol groups is 1. The van der Waals surface area contributed by atoms with E-state index in [1.165, 1.54) is 0 Å². The normalized spacial score (nSPS) is 12.0. The molecule has 0 aromatic carbocycles. The van der Waals surface area contributed by atoms with E-state index in [0.29, 0.717) is 5.75 Å². The number of rotatable bonds is 3. The minimum absolute atomic E-state index is 0.511. The molecule has 0 aliphatic rings. The van der Waals surface area contributed by atoms with Crippen molar-refractivity contribution in [3.63, 3.8) is 0 Å². The first-order valence-corrected chi connectivity index (χ1v) is 3.65. The van der Waals surface area contributed by atoms with Crippen LogP contribution in [0.1, 0.15) is 26.7 Å². The number of aliphatic hydroxyl groups is 1. The fraction of sp³-hybridized carbons (Fsp3) is 1.00. The Bertz CT molecular complexity index is 51.3. The molecule has 1 N–H and O–H groups in total. The minimum Gasteiger partial charge on any atom is -0.389 e. The van der Waals surface area contributed by atoms with Crippen LogP contribution in [0.25, 0.3) is 0 Å². The molecular weight excluding hydrogens is 120 g/mol. The van der Waals surface area contributed by atoms with E-state index in [-0.39, 0.29) is 0 Å². The third-order valence-electron chi connectivity index (χ3n) is 1.61. The molecule has 0 atom stereocenters. The van der Waals surface area contributed by atoms with Crippen LogP contribution >= 0.6 is 12.6 Å². The maximum absolute atomic E-state index is 9.36. The zero-order valence-corrected chi connectivity index (χ0v) is 6.41. The van der Waals surface area contributed by atoms with Gasteiger partial charge in [0, 0.05) is 5.75 Å². The fourth-order valence-electron chi connectivity index (χ4n) is 0.474. The predicted octanol–water partition coefficient (Wildman–Crippen LogP) is 1.47. The van der Waals surface area contributed by atoms with Gasteiger partial charge in [0.25, 0.3) is 0 Å². The van der Waals surface area contributed by atoms with Crippen LogP contribution < -0.4 is 0 Å². The molecule has 0 spiro atoms. The molecule has 0 unspecified atom stereocenters. The van der Waals surface area contributed by atoms with Gasteiger partial charge in [-0.3, -0.25) is 0 Å². The largest absolute Gasteiger partial charge is 0.389 e. The van der Waals surface area contributed by atoms with E-state index in [1.54, 1.807) is 0 Å². The molecule has 0 radical (unpaired) electrons. The Balaban J connectivity index is 3.58. The highest BCUT2D eigenvalue weighted by Crippen LogP contribution is 2.14. The lowest BCUT2D eigenvalue weighted by molar-refractivity contribution is 0.0575. The van der Waals surface area contributed by atoms with Gasteiger partial charge in [0.05, 0.1) is 5.60 Å². The Morgan fingerprint density at radius 3 is 1.75 bits per heavy atom. The molecule has 0 amide bonds. The van der Waals surface area contributed by atoms with Gasteiger partial charge in [-0.15, -0.1) is 0 Å². The number of hydrogen-bond donors (Lipinski definition) is 2. The van der Waals surface area contributed by atoms with Crippen molar-refractivity contribution in [2.75, 3.05) is 5.75 Å². The second-order valence-corrected chi connectivity index (χ2v) is 2.41. The molecule has 2 heteroatoms. The minimum atomic E-state index is -0.511. The lowest BCUT2D eigenvalue weighted by atomic mass is 10.0. The first kappa shape index (κ1) is 8.31. The second kappa shape index (κ2) is 3.36. The summed E-state index contributed by atoms with van der Waals surface area (Å²) in [4.78, 5) is 0. The summed E-state index contributed by atoms with van der Waals surface area (Å²) in [6, 6.07) is 0. The molecule has 0 aromatic heterocycles. The summed E-state index contributed by atoms with van der Waals surface area (Å²) in [7, 11) is 0. The van der Waals surface area contributed by atoms with E-state index < -0.39 is 5.60 Å². The van der Waals surface area contributed by atoms with E-state index in [2.05, 4.69) is 12.6 Å². The van der Waals surface area contributed by atoms with Crippen LogP contribution in [0.5, 0.6) is 0 Å². The van der Waals surface area contributed by atoms with Gasteiger partial charge in [-0.25, -0.2) is 0 Å². The van der Waals surface area contributed by atoms with Gasteiger partial charge in [0.15, 0.2) is 0 Å². The Hall–Kier alpha value is 0.310. The Morgan fingerprint density at radius 2 is 1.75 bits per heavy atom. The first-order valence-electron chi connectivity index (χ1n) is 3.01. The van der Waals surface area contributed by atoms with Crippen LogP contribution in [0.3, 0.4) is 0 Å². The van der Waals surface area contributed by atoms with E-state index in [0.717, 1.165) is 12.8 Å². The molecule has 0 rings (SSSR count). The van der Waals surface area contributed by atoms with E-state index >= 15 is 0 Å². The summed E-state index contributed by atoms with van der Waals surface area (Å²) in [5.41, 5.74) is -0.511. The van der Waals surface area contributed by atoms with Gasteiger partial charge in [0.2, 0.25) is 0 Å². The third-order valence-corrected chi connectivity index (χ3v) is 2.20. The van der Waals surface area contributed by atoms with E-state index in [4.69, 9.17) is 0 Å². The summed E-state index contributed by atoms with van der Waals surface area (Å²) in [6.07, 6.45) is 1.60. The maximum atomic E-state index is 9.36. The fourth-order valence-corrected chi connectivity index (χ4v) is 0.921. The van der Waals surface area contributed by atoms with Crippen molar-refractivity contribution < 1.29 is 5.11 Å². The van der Waals surface area contributed by atoms with Gasteiger partial charge >= 0.3 is 0 Å². The second-order valence-electron chi connectivity index (χ2n) is 2.09. The lowest BCUT2D eigenvalue weighted by Gasteiger charge is -2.21. The highest BCUT2D eigenvalue weighted by molar-refractivity contribution is 7.80. The summed E-state index contributed by atoms with van der Waals surface area (Å²) < 4.78 is 0. The van der Waals surface area contributed by atoms with Gasteiger partial charge in [0.1, 0.15) is 0 Å². The van der Waals surface area contributed by atoms with Gasteiger partial charge in [-0.05, 0) is 12.8 Å². The molecule has 0 saturated heterocycles. The SMILES string of the molecule is CCC(O)(CC)CS. The van der Waals surface area contributed by atoms with Crippen LogP contribution in [0, 0.1) is 0 Å². The average molecular weight is 134 g/mol. The molecular formula is C6H14OS. The molecule has 0 aliphatic carbocycles. The standard InChI is InChI=1S/C6H14OS/c1-3-6(7,4-2)5-8/h7-8H,3-5H2,1-2H3. The van der Waals surface area contributed by atoms with Crippen molar-refractivity contribution in [1.82, 2.24) is 0 Å². The van der Waals surface area contributed by atoms with Crippen LogP contribution in [-0.4, -0.2) is 16.5 Å². The summed E-state index contributed by atoms with van der Waals surface area (Å²) in [5, 5.41) is 9.36. The van der Waals surface area contributed by atoms with Crippen molar-refractivity contribution in [1.29, 1.82) is 0 Å². The average Bonchev–Trinajstić information content (AvgIpc) is 1.87. The molecule has 0 saturated carbocycles. The van der Waals surface area contributed by atoms with Gasteiger partial charge < -0.3 is 5.11 Å². The predicted molar refractivity (Wildman–Crippen MR) is 39.4 cm³/mol. The van der Waals surface area contributed by atoms with Crippen molar-refractivity contribution in [2.24, 2.45) is 0 Å². The van der Waals surface area contributed by atoms with Crippen LogP contribution in [0.2, 0.25) is 0 Å². The summed E-state index contributed by atoms with van der Waals surface area (Å²) >= 11 is 4.01. The molecule has 0 aliphatic heterocycles. The molecule has 0 fully saturated rings. The molecule has 0 aromatic rings. The van der Waals surface area contributed by atoms with Crippen molar-refractivity contribution in [2.45, 2.75) is 32.3 Å². The van der Waals surface area contributed by atoms with Crippen molar-refractivity contribution >= 4 is 12.6 Å². The Labute approximate surface area is 56.5 Å². The molecule has 0 bridgehead atoms. The third kappa shape index (κ3) is 2.05. The molecule has 8 heavy (non-hydrogen) atoms. The van der Waals surface area contributed by atoms with Gasteiger partial charge in [-0.1, -0.05) is 13.8 Å². The quantitative estimate of drug-likeness (QED) is 0.560. The van der Waals surface area contributed by atoms with Crippen LogP contribution in [0.15, 0.2) is 0 Å². The Kier molecular flexibility index (Phi) is 3.49. The van der Waals surface area contributed by atoms with Crippen LogP contribution in [0.4, 0.5) is 0 Å². The summed E-state index contributed by atoms with van der Waals surface area (Å²) in [5.74, 6) is 0.569. The summed E-state index contributed by atoms with van der Waals surface area (Å²) in [6.45, 7) is 3.94. The lowest BCUT2D eigenvalue weighted by Crippen LogP contribution is -2.28. The van der Waals surface area contributed by atoms with Gasteiger partial charge in [-0.2, -0.15) is 12.6 Å². The van der Waals surface area contributed by atoms with E-state index in [1.807, 2.05) is 13.8 Å². The van der Waals surface area contributed by atoms with Crippen molar-refractivity contribution in [3.8, 4) is 0 Å². The number of hydrogen-bond acceptors (Lipinski definition) is 2.